The van der Waals surface area contributed by atoms with Crippen LogP contribution < -0.4 is 10.1 Å². The number of rotatable bonds is 4. The highest BCUT2D eigenvalue weighted by Gasteiger charge is 2.29. The summed E-state index contributed by atoms with van der Waals surface area (Å²) in [7, 11) is 4.26. The quantitative estimate of drug-likeness (QED) is 0.903. The molecule has 2 unspecified atom stereocenters. The molecule has 2 atom stereocenters. The van der Waals surface area contributed by atoms with E-state index < -0.39 is 0 Å². The molecule has 0 aliphatic carbocycles. The predicted molar refractivity (Wildman–Crippen MR) is 79.6 cm³/mol. The van der Waals surface area contributed by atoms with E-state index in [2.05, 4.69) is 63.3 Å². The van der Waals surface area contributed by atoms with Gasteiger partial charge in [-0.05, 0) is 34.0 Å². The summed E-state index contributed by atoms with van der Waals surface area (Å²) in [6, 6.07) is 8.74. The number of nitrogens with zero attached hydrogens (tertiary/aromatic N) is 1. The van der Waals surface area contributed by atoms with Gasteiger partial charge in [-0.2, -0.15) is 0 Å². The molecule has 0 aromatic heterocycles. The van der Waals surface area contributed by atoms with Crippen LogP contribution >= 0.6 is 0 Å². The van der Waals surface area contributed by atoms with Gasteiger partial charge in [-0.1, -0.05) is 25.1 Å². The van der Waals surface area contributed by atoms with Crippen molar-refractivity contribution in [3.63, 3.8) is 0 Å². The number of fused-ring (bicyclic) bond motifs is 1. The second-order valence-corrected chi connectivity index (χ2v) is 6.39. The Balaban J connectivity index is 2.12. The van der Waals surface area contributed by atoms with Crippen LogP contribution in [0.25, 0.3) is 0 Å². The molecule has 0 saturated heterocycles. The number of ether oxygens (including phenoxy) is 1. The Morgan fingerprint density at radius 1 is 1.32 bits per heavy atom. The van der Waals surface area contributed by atoms with Gasteiger partial charge in [0.25, 0.3) is 0 Å². The van der Waals surface area contributed by atoms with Crippen molar-refractivity contribution in [2.45, 2.75) is 32.4 Å². The fourth-order valence-corrected chi connectivity index (χ4v) is 2.32. The summed E-state index contributed by atoms with van der Waals surface area (Å²) in [6.07, 6.45) is 0. The molecule has 19 heavy (non-hydrogen) atoms. The van der Waals surface area contributed by atoms with E-state index in [1.165, 1.54) is 5.56 Å². The maximum atomic E-state index is 5.79. The molecule has 0 bridgehead atoms. The van der Waals surface area contributed by atoms with Crippen LogP contribution in [0.1, 0.15) is 32.4 Å². The lowest BCUT2D eigenvalue weighted by Crippen LogP contribution is -2.49. The summed E-state index contributed by atoms with van der Waals surface area (Å²) >= 11 is 0. The van der Waals surface area contributed by atoms with E-state index in [1.807, 2.05) is 6.07 Å². The molecular weight excluding hydrogens is 236 g/mol. The first-order valence-electron chi connectivity index (χ1n) is 7.04. The summed E-state index contributed by atoms with van der Waals surface area (Å²) in [4.78, 5) is 2.26. The van der Waals surface area contributed by atoms with E-state index in [4.69, 9.17) is 4.74 Å². The smallest absolute Gasteiger partial charge is 0.124 e. The van der Waals surface area contributed by atoms with Crippen molar-refractivity contribution in [2.75, 3.05) is 27.2 Å². The van der Waals surface area contributed by atoms with Crippen LogP contribution in [0.5, 0.6) is 5.75 Å². The SMILES string of the molecule is CC1COc2ccccc2C1NCC(C)(C)N(C)C. The summed E-state index contributed by atoms with van der Waals surface area (Å²) in [6.45, 7) is 8.52. The molecule has 1 aromatic rings. The minimum absolute atomic E-state index is 0.146. The first-order chi connectivity index (χ1) is 8.92. The topological polar surface area (TPSA) is 24.5 Å². The second kappa shape index (κ2) is 5.51. The standard InChI is InChI=1S/C16H26N2O/c1-12-10-19-14-9-7-6-8-13(14)15(12)17-11-16(2,3)18(4)5/h6-9,12,15,17H,10-11H2,1-5H3. The first-order valence-corrected chi connectivity index (χ1v) is 7.04. The highest BCUT2D eigenvalue weighted by Crippen LogP contribution is 2.35. The van der Waals surface area contributed by atoms with Gasteiger partial charge < -0.3 is 15.0 Å². The number of hydrogen-bond acceptors (Lipinski definition) is 3. The molecule has 1 heterocycles. The van der Waals surface area contributed by atoms with Gasteiger partial charge in [0, 0.05) is 29.6 Å². The van der Waals surface area contributed by atoms with Crippen molar-refractivity contribution in [3.05, 3.63) is 29.8 Å². The number of likely N-dealkylation sites (N-methyl/N-ethyl adjacent to an activating group) is 1. The van der Waals surface area contributed by atoms with E-state index in [0.717, 1.165) is 18.9 Å². The number of para-hydroxylation sites is 1. The predicted octanol–water partition coefficient (Wildman–Crippen LogP) is 2.69. The van der Waals surface area contributed by atoms with Gasteiger partial charge >= 0.3 is 0 Å². The van der Waals surface area contributed by atoms with Crippen LogP contribution in [-0.4, -0.2) is 37.7 Å². The number of benzene rings is 1. The summed E-state index contributed by atoms with van der Waals surface area (Å²) in [5, 5.41) is 3.73. The molecule has 106 valence electrons. The van der Waals surface area contributed by atoms with Crippen LogP contribution in [0.3, 0.4) is 0 Å². The fourth-order valence-electron chi connectivity index (χ4n) is 2.32. The molecule has 0 spiro atoms. The Morgan fingerprint density at radius 2 is 2.00 bits per heavy atom. The molecule has 0 radical (unpaired) electrons. The van der Waals surface area contributed by atoms with Gasteiger partial charge in [-0.3, -0.25) is 0 Å². The van der Waals surface area contributed by atoms with Crippen molar-refractivity contribution in [1.29, 1.82) is 0 Å². The normalized spacial score (nSPS) is 23.1. The molecule has 1 N–H and O–H groups in total. The third-order valence-corrected chi connectivity index (χ3v) is 4.29. The van der Waals surface area contributed by atoms with Gasteiger partial charge in [0.1, 0.15) is 5.75 Å². The zero-order chi connectivity index (χ0) is 14.0. The minimum Gasteiger partial charge on any atom is -0.493 e. The monoisotopic (exact) mass is 262 g/mol. The maximum absolute atomic E-state index is 5.79. The minimum atomic E-state index is 0.146. The van der Waals surface area contributed by atoms with Crippen molar-refractivity contribution in [1.82, 2.24) is 10.2 Å². The van der Waals surface area contributed by atoms with Gasteiger partial charge in [0.05, 0.1) is 6.61 Å². The first kappa shape index (κ1) is 14.4. The van der Waals surface area contributed by atoms with Gasteiger partial charge in [-0.25, -0.2) is 0 Å². The molecule has 2 rings (SSSR count). The highest BCUT2D eigenvalue weighted by atomic mass is 16.5. The highest BCUT2D eigenvalue weighted by molar-refractivity contribution is 5.37. The fraction of sp³-hybridized carbons (Fsp3) is 0.625. The van der Waals surface area contributed by atoms with E-state index in [1.54, 1.807) is 0 Å². The molecule has 1 aliphatic rings. The summed E-state index contributed by atoms with van der Waals surface area (Å²) in [5.74, 6) is 1.52. The lowest BCUT2D eigenvalue weighted by molar-refractivity contribution is 0.151. The van der Waals surface area contributed by atoms with Crippen molar-refractivity contribution in [3.8, 4) is 5.75 Å². The average Bonchev–Trinajstić information content (AvgIpc) is 2.37. The van der Waals surface area contributed by atoms with E-state index in [9.17, 15) is 0 Å². The third-order valence-electron chi connectivity index (χ3n) is 4.29. The lowest BCUT2D eigenvalue weighted by atomic mass is 9.91. The van der Waals surface area contributed by atoms with Crippen LogP contribution in [0.2, 0.25) is 0 Å². The summed E-state index contributed by atoms with van der Waals surface area (Å²) < 4.78 is 5.79. The Hall–Kier alpha value is -1.06. The third kappa shape index (κ3) is 3.10. The zero-order valence-electron chi connectivity index (χ0n) is 12.7. The van der Waals surface area contributed by atoms with Crippen LogP contribution in [0, 0.1) is 5.92 Å². The Labute approximate surface area is 116 Å². The lowest BCUT2D eigenvalue weighted by Gasteiger charge is -2.38. The Bertz CT molecular complexity index is 429. The largest absolute Gasteiger partial charge is 0.493 e. The van der Waals surface area contributed by atoms with Crippen molar-refractivity contribution >= 4 is 0 Å². The molecule has 0 amide bonds. The van der Waals surface area contributed by atoms with E-state index >= 15 is 0 Å². The van der Waals surface area contributed by atoms with Crippen LogP contribution in [0.4, 0.5) is 0 Å². The molecular formula is C16H26N2O. The molecule has 1 aromatic carbocycles. The molecule has 1 aliphatic heterocycles. The Kier molecular flexibility index (Phi) is 4.16. The Morgan fingerprint density at radius 3 is 2.68 bits per heavy atom. The molecule has 0 fully saturated rings. The number of hydrogen-bond donors (Lipinski definition) is 1. The second-order valence-electron chi connectivity index (χ2n) is 6.39. The maximum Gasteiger partial charge on any atom is 0.124 e. The van der Waals surface area contributed by atoms with Crippen LogP contribution in [-0.2, 0) is 0 Å². The molecule has 3 nitrogen and oxygen atoms in total. The molecule has 3 heteroatoms. The van der Waals surface area contributed by atoms with E-state index in [-0.39, 0.29) is 5.54 Å². The van der Waals surface area contributed by atoms with Crippen LogP contribution in [0.15, 0.2) is 24.3 Å². The van der Waals surface area contributed by atoms with Gasteiger partial charge in [-0.15, -0.1) is 0 Å². The average molecular weight is 262 g/mol. The molecule has 0 saturated carbocycles. The zero-order valence-corrected chi connectivity index (χ0v) is 12.7. The van der Waals surface area contributed by atoms with Gasteiger partial charge in [0.2, 0.25) is 0 Å². The van der Waals surface area contributed by atoms with Crippen molar-refractivity contribution in [2.24, 2.45) is 5.92 Å². The van der Waals surface area contributed by atoms with Gasteiger partial charge in [0.15, 0.2) is 0 Å². The van der Waals surface area contributed by atoms with E-state index in [0.29, 0.717) is 12.0 Å². The van der Waals surface area contributed by atoms with Crippen molar-refractivity contribution < 1.29 is 4.74 Å². The number of nitrogens with one attached hydrogen (secondary N) is 1. The summed E-state index contributed by atoms with van der Waals surface area (Å²) in [5.41, 5.74) is 1.43.